The molecule has 0 aromatic heterocycles. The smallest absolute Gasteiger partial charge is 0.208 e. The van der Waals surface area contributed by atoms with Crippen molar-refractivity contribution in [1.82, 2.24) is 10.3 Å². The summed E-state index contributed by atoms with van der Waals surface area (Å²) in [5.74, 6) is 6.36. The minimum atomic E-state index is 0.471. The molecular formula is C10H20N4O. The first-order valence-electron chi connectivity index (χ1n) is 5.77. The van der Waals surface area contributed by atoms with Crippen LogP contribution in [0.3, 0.4) is 0 Å². The van der Waals surface area contributed by atoms with Gasteiger partial charge in [-0.2, -0.15) is 0 Å². The molecule has 2 rings (SSSR count). The van der Waals surface area contributed by atoms with E-state index in [0.29, 0.717) is 6.04 Å². The van der Waals surface area contributed by atoms with E-state index < -0.39 is 0 Å². The number of hydrogen-bond donors (Lipinski definition) is 2. The first-order chi connectivity index (χ1) is 7.40. The van der Waals surface area contributed by atoms with Crippen LogP contribution in [0.15, 0.2) is 4.99 Å². The number of aliphatic imine (C=N–C) groups is 1. The van der Waals surface area contributed by atoms with Gasteiger partial charge in [0.05, 0.1) is 19.3 Å². The van der Waals surface area contributed by atoms with E-state index in [4.69, 9.17) is 10.6 Å². The Hall–Kier alpha value is -0.810. The third-order valence-corrected chi connectivity index (χ3v) is 3.07. The molecule has 1 saturated carbocycles. The Morgan fingerprint density at radius 2 is 1.93 bits per heavy atom. The highest BCUT2D eigenvalue weighted by Gasteiger charge is 2.18. The molecule has 0 amide bonds. The van der Waals surface area contributed by atoms with Crippen LogP contribution in [0.2, 0.25) is 0 Å². The van der Waals surface area contributed by atoms with Gasteiger partial charge in [-0.3, -0.25) is 5.43 Å². The fourth-order valence-corrected chi connectivity index (χ4v) is 2.19. The molecule has 5 nitrogen and oxygen atoms in total. The zero-order valence-electron chi connectivity index (χ0n) is 9.11. The molecule has 1 heterocycles. The number of hydrogen-bond acceptors (Lipinski definition) is 3. The van der Waals surface area contributed by atoms with Gasteiger partial charge in [0.2, 0.25) is 5.96 Å². The maximum Gasteiger partial charge on any atom is 0.208 e. The second-order valence-electron chi connectivity index (χ2n) is 4.13. The number of ether oxygens (including phenoxy) is 1. The van der Waals surface area contributed by atoms with Crippen LogP contribution in [0.25, 0.3) is 0 Å². The maximum atomic E-state index is 5.52. The average Bonchev–Trinajstić information content (AvgIpc) is 2.80. The first-order valence-corrected chi connectivity index (χ1v) is 5.77. The highest BCUT2D eigenvalue weighted by atomic mass is 16.5. The summed E-state index contributed by atoms with van der Waals surface area (Å²) in [6, 6.07) is 0.471. The van der Waals surface area contributed by atoms with E-state index in [1.165, 1.54) is 25.7 Å². The Balaban J connectivity index is 1.94. The molecule has 0 radical (unpaired) electrons. The predicted molar refractivity (Wildman–Crippen MR) is 59.4 cm³/mol. The van der Waals surface area contributed by atoms with E-state index in [9.17, 15) is 0 Å². The molecule has 1 saturated heterocycles. The zero-order chi connectivity index (χ0) is 10.5. The number of guanidine groups is 1. The Kier molecular flexibility index (Phi) is 3.80. The average molecular weight is 212 g/mol. The third kappa shape index (κ3) is 2.82. The van der Waals surface area contributed by atoms with E-state index >= 15 is 0 Å². The summed E-state index contributed by atoms with van der Waals surface area (Å²) in [6.45, 7) is 3.31. The fourth-order valence-electron chi connectivity index (χ4n) is 2.19. The molecule has 2 fully saturated rings. The fraction of sp³-hybridized carbons (Fsp3) is 0.900. The number of nitrogens with two attached hydrogens (primary N) is 1. The monoisotopic (exact) mass is 212 g/mol. The lowest BCUT2D eigenvalue weighted by Crippen LogP contribution is -2.50. The van der Waals surface area contributed by atoms with Crippen molar-refractivity contribution < 1.29 is 4.74 Å². The van der Waals surface area contributed by atoms with Crippen LogP contribution in [0, 0.1) is 0 Å². The molecule has 86 valence electrons. The van der Waals surface area contributed by atoms with Crippen molar-refractivity contribution in [1.29, 1.82) is 0 Å². The van der Waals surface area contributed by atoms with Crippen LogP contribution in [-0.2, 0) is 4.74 Å². The lowest BCUT2D eigenvalue weighted by molar-refractivity contribution is 0.0663. The van der Waals surface area contributed by atoms with Crippen molar-refractivity contribution in [3.8, 4) is 0 Å². The molecular weight excluding hydrogens is 192 g/mol. The van der Waals surface area contributed by atoms with Crippen molar-refractivity contribution in [2.24, 2.45) is 10.8 Å². The number of nitrogens with one attached hydrogen (secondary N) is 1. The molecule has 0 aromatic rings. The molecule has 0 aromatic carbocycles. The van der Waals surface area contributed by atoms with E-state index in [0.717, 1.165) is 32.3 Å². The van der Waals surface area contributed by atoms with Crippen molar-refractivity contribution >= 4 is 5.96 Å². The van der Waals surface area contributed by atoms with Gasteiger partial charge in [-0.1, -0.05) is 12.8 Å². The van der Waals surface area contributed by atoms with Crippen molar-refractivity contribution in [3.05, 3.63) is 0 Å². The van der Waals surface area contributed by atoms with Crippen LogP contribution in [0.5, 0.6) is 0 Å². The van der Waals surface area contributed by atoms with Crippen molar-refractivity contribution in [2.75, 3.05) is 26.3 Å². The second-order valence-corrected chi connectivity index (χ2v) is 4.13. The summed E-state index contributed by atoms with van der Waals surface area (Å²) >= 11 is 0. The normalized spacial score (nSPS) is 24.6. The van der Waals surface area contributed by atoms with E-state index in [1.807, 2.05) is 0 Å². The van der Waals surface area contributed by atoms with Crippen LogP contribution in [-0.4, -0.2) is 43.2 Å². The Morgan fingerprint density at radius 3 is 2.53 bits per heavy atom. The Morgan fingerprint density at radius 1 is 1.27 bits per heavy atom. The third-order valence-electron chi connectivity index (χ3n) is 3.07. The molecule has 0 spiro atoms. The van der Waals surface area contributed by atoms with Crippen LogP contribution in [0.1, 0.15) is 25.7 Å². The van der Waals surface area contributed by atoms with E-state index in [1.54, 1.807) is 0 Å². The van der Waals surface area contributed by atoms with Crippen LogP contribution >= 0.6 is 0 Å². The Bertz CT molecular complexity index is 219. The van der Waals surface area contributed by atoms with Gasteiger partial charge in [0.25, 0.3) is 0 Å². The summed E-state index contributed by atoms with van der Waals surface area (Å²) in [4.78, 5) is 6.84. The number of nitrogens with zero attached hydrogens (tertiary/aromatic N) is 2. The standard InChI is InChI=1S/C10H20N4O/c11-13-10(12-9-3-1-2-4-9)14-5-7-15-8-6-14/h9H,1-8,11H2,(H,12,13). The van der Waals surface area contributed by atoms with Gasteiger partial charge in [-0.25, -0.2) is 10.8 Å². The first kappa shape index (κ1) is 10.7. The minimum absolute atomic E-state index is 0.471. The highest BCUT2D eigenvalue weighted by molar-refractivity contribution is 5.79. The largest absolute Gasteiger partial charge is 0.378 e. The van der Waals surface area contributed by atoms with Gasteiger partial charge in [0.15, 0.2) is 0 Å². The van der Waals surface area contributed by atoms with Gasteiger partial charge >= 0.3 is 0 Å². The van der Waals surface area contributed by atoms with Gasteiger partial charge in [0.1, 0.15) is 0 Å². The molecule has 15 heavy (non-hydrogen) atoms. The SMILES string of the molecule is NNC(=NC1CCCC1)N1CCOCC1. The molecule has 1 aliphatic carbocycles. The van der Waals surface area contributed by atoms with Crippen molar-refractivity contribution in [3.63, 3.8) is 0 Å². The van der Waals surface area contributed by atoms with Crippen molar-refractivity contribution in [2.45, 2.75) is 31.7 Å². The molecule has 2 aliphatic rings. The van der Waals surface area contributed by atoms with E-state index in [2.05, 4.69) is 15.3 Å². The van der Waals surface area contributed by atoms with Gasteiger partial charge in [-0.05, 0) is 12.8 Å². The summed E-state index contributed by atoms with van der Waals surface area (Å²) in [7, 11) is 0. The molecule has 0 atom stereocenters. The topological polar surface area (TPSA) is 62.9 Å². The lowest BCUT2D eigenvalue weighted by atomic mass is 10.3. The Labute approximate surface area is 90.6 Å². The summed E-state index contributed by atoms with van der Waals surface area (Å²) in [6.07, 6.45) is 5.01. The molecule has 3 N–H and O–H groups in total. The number of rotatable bonds is 1. The molecule has 1 aliphatic heterocycles. The molecule has 0 bridgehead atoms. The summed E-state index contributed by atoms with van der Waals surface area (Å²) in [5, 5.41) is 0. The second kappa shape index (κ2) is 5.32. The van der Waals surface area contributed by atoms with Crippen LogP contribution in [0.4, 0.5) is 0 Å². The number of hydrazine groups is 1. The summed E-state index contributed by atoms with van der Waals surface area (Å²) < 4.78 is 5.30. The molecule has 0 unspecified atom stereocenters. The van der Waals surface area contributed by atoms with Gasteiger partial charge < -0.3 is 9.64 Å². The van der Waals surface area contributed by atoms with Gasteiger partial charge in [0, 0.05) is 13.1 Å². The molecule has 5 heteroatoms. The lowest BCUT2D eigenvalue weighted by Gasteiger charge is -2.29. The zero-order valence-corrected chi connectivity index (χ0v) is 9.11. The van der Waals surface area contributed by atoms with E-state index in [-0.39, 0.29) is 0 Å². The number of morpholine rings is 1. The van der Waals surface area contributed by atoms with Gasteiger partial charge in [-0.15, -0.1) is 0 Å². The summed E-state index contributed by atoms with van der Waals surface area (Å²) in [5.41, 5.74) is 2.72. The highest BCUT2D eigenvalue weighted by Crippen LogP contribution is 2.21. The quantitative estimate of drug-likeness (QED) is 0.280. The predicted octanol–water partition coefficient (Wildman–Crippen LogP) is 0.0805. The van der Waals surface area contributed by atoms with Crippen LogP contribution < -0.4 is 11.3 Å². The maximum absolute atomic E-state index is 5.52. The minimum Gasteiger partial charge on any atom is -0.378 e.